The first-order valence-corrected chi connectivity index (χ1v) is 7.20. The molecule has 1 N–H and O–H groups in total. The van der Waals surface area contributed by atoms with Crippen molar-refractivity contribution in [3.8, 4) is 6.07 Å². The normalized spacial score (nSPS) is 18.6. The summed E-state index contributed by atoms with van der Waals surface area (Å²) in [5, 5.41) is 17.8. The monoisotopic (exact) mass is 340 g/mol. The maximum Gasteiger partial charge on any atom is 0.305 e. The highest BCUT2D eigenvalue weighted by Gasteiger charge is 2.27. The van der Waals surface area contributed by atoms with E-state index in [0.29, 0.717) is 12.2 Å². The predicted octanol–water partition coefficient (Wildman–Crippen LogP) is 3.29. The lowest BCUT2D eigenvalue weighted by molar-refractivity contribution is -0.137. The molecule has 20 heavy (non-hydrogen) atoms. The molecule has 6 heteroatoms. The van der Waals surface area contributed by atoms with E-state index >= 15 is 0 Å². The van der Waals surface area contributed by atoms with Crippen LogP contribution in [0.5, 0.6) is 0 Å². The summed E-state index contributed by atoms with van der Waals surface area (Å²) in [6.07, 6.45) is 2.60. The van der Waals surface area contributed by atoms with Gasteiger partial charge in [0.05, 0.1) is 22.1 Å². The van der Waals surface area contributed by atoms with Gasteiger partial charge in [-0.2, -0.15) is 5.26 Å². The fraction of sp³-hybridized carbons (Fsp3) is 0.429. The number of hydrogen-bond acceptors (Lipinski definition) is 3. The summed E-state index contributed by atoms with van der Waals surface area (Å²) < 4.78 is 14.5. The van der Waals surface area contributed by atoms with Crippen LogP contribution in [0.4, 0.5) is 10.1 Å². The van der Waals surface area contributed by atoms with Crippen molar-refractivity contribution in [1.82, 2.24) is 0 Å². The minimum absolute atomic E-state index is 0.00292. The lowest BCUT2D eigenvalue weighted by Gasteiger charge is -2.37. The highest BCUT2D eigenvalue weighted by atomic mass is 79.9. The second-order valence-corrected chi connectivity index (χ2v) is 5.61. The van der Waals surface area contributed by atoms with Crippen molar-refractivity contribution in [2.75, 3.05) is 11.4 Å². The Kier molecular flexibility index (Phi) is 4.61. The van der Waals surface area contributed by atoms with Crippen LogP contribution in [-0.4, -0.2) is 23.7 Å². The number of anilines is 1. The highest BCUT2D eigenvalue weighted by molar-refractivity contribution is 9.10. The van der Waals surface area contributed by atoms with Crippen LogP contribution in [0.2, 0.25) is 0 Å². The Morgan fingerprint density at radius 1 is 1.55 bits per heavy atom. The van der Waals surface area contributed by atoms with Gasteiger partial charge in [-0.15, -0.1) is 0 Å². The molecule has 1 fully saturated rings. The van der Waals surface area contributed by atoms with Crippen molar-refractivity contribution in [2.45, 2.75) is 31.7 Å². The average molecular weight is 341 g/mol. The smallest absolute Gasteiger partial charge is 0.305 e. The number of halogens is 2. The summed E-state index contributed by atoms with van der Waals surface area (Å²) in [6.45, 7) is 0.632. The average Bonchev–Trinajstić information content (AvgIpc) is 2.42. The third-order valence-electron chi connectivity index (χ3n) is 3.53. The molecule has 1 heterocycles. The van der Waals surface area contributed by atoms with Crippen molar-refractivity contribution in [2.24, 2.45) is 0 Å². The maximum absolute atomic E-state index is 14.4. The summed E-state index contributed by atoms with van der Waals surface area (Å²) in [5.41, 5.74) is 0.597. The van der Waals surface area contributed by atoms with Crippen LogP contribution < -0.4 is 4.90 Å². The Labute approximate surface area is 124 Å². The molecule has 1 atom stereocenters. The van der Waals surface area contributed by atoms with Crippen LogP contribution in [0.1, 0.15) is 31.2 Å². The summed E-state index contributed by atoms with van der Waals surface area (Å²) >= 11 is 3.09. The molecular formula is C14H14BrFN2O2. The summed E-state index contributed by atoms with van der Waals surface area (Å²) in [4.78, 5) is 12.7. The topological polar surface area (TPSA) is 64.3 Å². The van der Waals surface area contributed by atoms with Gasteiger partial charge in [-0.05, 0) is 47.3 Å². The molecule has 1 aromatic rings. The molecule has 0 saturated carbocycles. The highest BCUT2D eigenvalue weighted by Crippen LogP contribution is 2.33. The molecule has 1 aromatic carbocycles. The quantitative estimate of drug-likeness (QED) is 0.916. The largest absolute Gasteiger partial charge is 0.481 e. The van der Waals surface area contributed by atoms with E-state index in [0.717, 1.165) is 19.3 Å². The van der Waals surface area contributed by atoms with Gasteiger partial charge in [0.15, 0.2) is 5.82 Å². The molecule has 0 aromatic heterocycles. The van der Waals surface area contributed by atoms with Crippen molar-refractivity contribution in [1.29, 1.82) is 5.26 Å². The van der Waals surface area contributed by atoms with Crippen LogP contribution in [0.3, 0.4) is 0 Å². The first kappa shape index (κ1) is 14.8. The fourth-order valence-corrected chi connectivity index (χ4v) is 3.00. The molecule has 2 rings (SSSR count). The lowest BCUT2D eigenvalue weighted by Crippen LogP contribution is -2.41. The number of nitriles is 1. The molecule has 1 aliphatic rings. The van der Waals surface area contributed by atoms with Gasteiger partial charge in [-0.1, -0.05) is 0 Å². The number of carboxylic acid groups (broad SMARTS) is 1. The van der Waals surface area contributed by atoms with Gasteiger partial charge >= 0.3 is 5.97 Å². The Bertz CT molecular complexity index is 571. The van der Waals surface area contributed by atoms with Gasteiger partial charge in [-0.3, -0.25) is 4.79 Å². The minimum atomic E-state index is -0.880. The molecule has 0 spiro atoms. The second-order valence-electron chi connectivity index (χ2n) is 4.81. The number of piperidine rings is 1. The first-order chi connectivity index (χ1) is 9.54. The number of rotatable bonds is 3. The molecule has 0 bridgehead atoms. The van der Waals surface area contributed by atoms with E-state index in [1.54, 1.807) is 17.0 Å². The van der Waals surface area contributed by atoms with E-state index in [-0.39, 0.29) is 22.5 Å². The lowest BCUT2D eigenvalue weighted by atomic mass is 9.98. The minimum Gasteiger partial charge on any atom is -0.481 e. The molecule has 1 saturated heterocycles. The van der Waals surface area contributed by atoms with E-state index in [9.17, 15) is 9.18 Å². The van der Waals surface area contributed by atoms with E-state index in [1.807, 2.05) is 6.07 Å². The van der Waals surface area contributed by atoms with Gasteiger partial charge in [-0.25, -0.2) is 4.39 Å². The molecule has 0 radical (unpaired) electrons. The number of nitrogens with zero attached hydrogens (tertiary/aromatic N) is 2. The van der Waals surface area contributed by atoms with Gasteiger partial charge < -0.3 is 10.0 Å². The molecule has 1 aliphatic heterocycles. The van der Waals surface area contributed by atoms with Crippen molar-refractivity contribution >= 4 is 27.6 Å². The summed E-state index contributed by atoms with van der Waals surface area (Å²) in [7, 11) is 0. The van der Waals surface area contributed by atoms with Gasteiger partial charge in [0, 0.05) is 12.6 Å². The van der Waals surface area contributed by atoms with E-state index in [1.165, 1.54) is 0 Å². The van der Waals surface area contributed by atoms with Crippen LogP contribution in [0.15, 0.2) is 16.6 Å². The molecular weight excluding hydrogens is 327 g/mol. The Morgan fingerprint density at radius 2 is 2.30 bits per heavy atom. The fourth-order valence-electron chi connectivity index (χ4n) is 2.58. The Balaban J connectivity index is 2.35. The Hall–Kier alpha value is -1.61. The molecule has 0 aliphatic carbocycles. The van der Waals surface area contributed by atoms with Crippen LogP contribution >= 0.6 is 15.9 Å². The van der Waals surface area contributed by atoms with E-state index in [2.05, 4.69) is 15.9 Å². The predicted molar refractivity (Wildman–Crippen MR) is 76.1 cm³/mol. The third kappa shape index (κ3) is 2.93. The molecule has 4 nitrogen and oxygen atoms in total. The zero-order chi connectivity index (χ0) is 14.7. The number of carboxylic acids is 1. The number of hydrogen-bond donors (Lipinski definition) is 1. The van der Waals surface area contributed by atoms with Crippen LogP contribution in [0, 0.1) is 17.1 Å². The number of benzene rings is 1. The van der Waals surface area contributed by atoms with E-state index in [4.69, 9.17) is 10.4 Å². The van der Waals surface area contributed by atoms with Crippen molar-refractivity contribution in [3.05, 3.63) is 28.0 Å². The summed E-state index contributed by atoms with van der Waals surface area (Å²) in [5.74, 6) is -1.38. The van der Waals surface area contributed by atoms with Crippen LogP contribution in [0.25, 0.3) is 0 Å². The van der Waals surface area contributed by atoms with Gasteiger partial charge in [0.2, 0.25) is 0 Å². The van der Waals surface area contributed by atoms with Gasteiger partial charge in [0.25, 0.3) is 0 Å². The second kappa shape index (κ2) is 6.23. The molecule has 0 amide bonds. The Morgan fingerprint density at radius 3 is 2.95 bits per heavy atom. The summed E-state index contributed by atoms with van der Waals surface area (Å²) in [6, 6.07) is 4.82. The molecule has 1 unspecified atom stereocenters. The standard InChI is InChI=1S/C14H14BrFN2O2/c15-13-9(8-17)4-5-11(14(13)16)18-6-2-1-3-10(18)7-12(19)20/h4-5,10H,1-3,6-7H2,(H,19,20). The number of carbonyl (C=O) groups is 1. The maximum atomic E-state index is 14.4. The number of aliphatic carboxylic acids is 1. The van der Waals surface area contributed by atoms with Crippen molar-refractivity contribution in [3.63, 3.8) is 0 Å². The zero-order valence-corrected chi connectivity index (χ0v) is 12.4. The van der Waals surface area contributed by atoms with E-state index < -0.39 is 11.8 Å². The molecule has 106 valence electrons. The van der Waals surface area contributed by atoms with Crippen LogP contribution in [-0.2, 0) is 4.79 Å². The first-order valence-electron chi connectivity index (χ1n) is 6.41. The van der Waals surface area contributed by atoms with Crippen molar-refractivity contribution < 1.29 is 14.3 Å². The third-order valence-corrected chi connectivity index (χ3v) is 4.30. The van der Waals surface area contributed by atoms with Gasteiger partial charge in [0.1, 0.15) is 6.07 Å². The zero-order valence-electron chi connectivity index (χ0n) is 10.8. The SMILES string of the molecule is N#Cc1ccc(N2CCCCC2CC(=O)O)c(F)c1Br.